The smallest absolute Gasteiger partial charge is 0.228 e. The molecular formula is C18H26F2IN5O2. The third-order valence-corrected chi connectivity index (χ3v) is 3.49. The van der Waals surface area contributed by atoms with Crippen LogP contribution in [0.3, 0.4) is 0 Å². The van der Waals surface area contributed by atoms with Crippen LogP contribution in [0.25, 0.3) is 0 Å². The molecular weight excluding hydrogens is 483 g/mol. The summed E-state index contributed by atoms with van der Waals surface area (Å²) in [6.45, 7) is 7.73. The molecule has 10 heteroatoms. The normalized spacial score (nSPS) is 11.3. The second-order valence-corrected chi connectivity index (χ2v) is 6.06. The van der Waals surface area contributed by atoms with Crippen molar-refractivity contribution in [2.45, 2.75) is 33.1 Å². The highest BCUT2D eigenvalue weighted by atomic mass is 127. The predicted molar refractivity (Wildman–Crippen MR) is 113 cm³/mol. The Bertz CT molecular complexity index is 755. The number of hydrogen-bond donors (Lipinski definition) is 2. The summed E-state index contributed by atoms with van der Waals surface area (Å²) in [5, 5.41) is 10.1. The molecule has 0 radical (unpaired) electrons. The largest absolute Gasteiger partial charge is 0.489 e. The zero-order valence-corrected chi connectivity index (χ0v) is 18.5. The summed E-state index contributed by atoms with van der Waals surface area (Å²) in [5.74, 6) is 0.701. The summed E-state index contributed by atoms with van der Waals surface area (Å²) in [6, 6.07) is 3.20. The van der Waals surface area contributed by atoms with E-state index < -0.39 is 11.6 Å². The maximum absolute atomic E-state index is 13.5. The van der Waals surface area contributed by atoms with Crippen LogP contribution in [0.4, 0.5) is 8.78 Å². The number of guanidine groups is 1. The molecule has 0 saturated heterocycles. The van der Waals surface area contributed by atoms with Crippen LogP contribution in [-0.2, 0) is 6.42 Å². The highest BCUT2D eigenvalue weighted by molar-refractivity contribution is 14.0. The van der Waals surface area contributed by atoms with Gasteiger partial charge in [0.25, 0.3) is 0 Å². The molecule has 2 aromatic rings. The van der Waals surface area contributed by atoms with Gasteiger partial charge in [-0.3, -0.25) is 4.99 Å². The lowest BCUT2D eigenvalue weighted by Gasteiger charge is -2.12. The third kappa shape index (κ3) is 7.95. The highest BCUT2D eigenvalue weighted by Gasteiger charge is 2.09. The van der Waals surface area contributed by atoms with Crippen molar-refractivity contribution in [2.24, 2.45) is 4.99 Å². The predicted octanol–water partition coefficient (Wildman–Crippen LogP) is 3.27. The first-order valence-electron chi connectivity index (χ1n) is 8.92. The number of hydrogen-bond acceptors (Lipinski definition) is 5. The fourth-order valence-corrected chi connectivity index (χ4v) is 2.13. The Labute approximate surface area is 180 Å². The molecule has 0 fully saturated rings. The summed E-state index contributed by atoms with van der Waals surface area (Å²) >= 11 is 0. The maximum atomic E-state index is 13.5. The van der Waals surface area contributed by atoms with Gasteiger partial charge in [-0.2, -0.15) is 4.98 Å². The van der Waals surface area contributed by atoms with Gasteiger partial charge in [-0.1, -0.05) is 19.0 Å². The summed E-state index contributed by atoms with van der Waals surface area (Å²) in [4.78, 5) is 8.73. The van der Waals surface area contributed by atoms with Gasteiger partial charge < -0.3 is 19.9 Å². The number of nitrogens with zero attached hydrogens (tertiary/aromatic N) is 3. The Morgan fingerprint density at radius 1 is 1.29 bits per heavy atom. The van der Waals surface area contributed by atoms with Crippen molar-refractivity contribution in [3.8, 4) is 5.75 Å². The fourth-order valence-electron chi connectivity index (χ4n) is 2.13. The van der Waals surface area contributed by atoms with Crippen molar-refractivity contribution in [1.29, 1.82) is 0 Å². The molecule has 1 aromatic heterocycles. The van der Waals surface area contributed by atoms with E-state index in [0.717, 1.165) is 12.1 Å². The molecule has 0 bridgehead atoms. The van der Waals surface area contributed by atoms with Crippen LogP contribution in [0.15, 0.2) is 27.7 Å². The van der Waals surface area contributed by atoms with Crippen LogP contribution in [0.5, 0.6) is 5.75 Å². The molecule has 0 amide bonds. The second-order valence-electron chi connectivity index (χ2n) is 6.06. The molecule has 0 unspecified atom stereocenters. The van der Waals surface area contributed by atoms with E-state index in [2.05, 4.69) is 25.8 Å². The van der Waals surface area contributed by atoms with E-state index in [9.17, 15) is 8.78 Å². The molecule has 1 heterocycles. The van der Waals surface area contributed by atoms with Crippen molar-refractivity contribution in [3.63, 3.8) is 0 Å². The number of aromatic nitrogens is 2. The molecule has 0 aliphatic rings. The molecule has 28 heavy (non-hydrogen) atoms. The van der Waals surface area contributed by atoms with E-state index >= 15 is 0 Å². The average Bonchev–Trinajstić information content (AvgIpc) is 3.09. The van der Waals surface area contributed by atoms with Crippen LogP contribution in [0, 0.1) is 11.6 Å². The van der Waals surface area contributed by atoms with Crippen molar-refractivity contribution < 1.29 is 18.0 Å². The Morgan fingerprint density at radius 2 is 2.07 bits per heavy atom. The van der Waals surface area contributed by atoms with Crippen molar-refractivity contribution in [3.05, 3.63) is 41.5 Å². The first-order valence-corrected chi connectivity index (χ1v) is 8.92. The summed E-state index contributed by atoms with van der Waals surface area (Å²) in [7, 11) is 0. The van der Waals surface area contributed by atoms with Gasteiger partial charge >= 0.3 is 0 Å². The van der Waals surface area contributed by atoms with E-state index in [1.165, 1.54) is 6.07 Å². The molecule has 0 aliphatic carbocycles. The van der Waals surface area contributed by atoms with E-state index in [1.807, 2.05) is 20.8 Å². The minimum absolute atomic E-state index is 0. The molecule has 156 valence electrons. The lowest BCUT2D eigenvalue weighted by molar-refractivity contribution is 0.304. The fraction of sp³-hybridized carbons (Fsp3) is 0.500. The number of halogens is 3. The van der Waals surface area contributed by atoms with Gasteiger partial charge in [0, 0.05) is 24.9 Å². The van der Waals surface area contributed by atoms with Crippen molar-refractivity contribution >= 4 is 29.9 Å². The topological polar surface area (TPSA) is 84.6 Å². The van der Waals surface area contributed by atoms with Crippen molar-refractivity contribution in [2.75, 3.05) is 26.2 Å². The first-order chi connectivity index (χ1) is 13.0. The molecule has 7 nitrogen and oxygen atoms in total. The number of rotatable bonds is 9. The lowest BCUT2D eigenvalue weighted by Crippen LogP contribution is -2.39. The quantitative estimate of drug-likeness (QED) is 0.234. The second kappa shape index (κ2) is 12.5. The molecule has 0 atom stereocenters. The van der Waals surface area contributed by atoms with Gasteiger partial charge in [-0.15, -0.1) is 24.0 Å². The van der Waals surface area contributed by atoms with Crippen molar-refractivity contribution in [1.82, 2.24) is 20.8 Å². The number of aliphatic imine (C=N–C) groups is 1. The molecule has 0 aliphatic heterocycles. The minimum atomic E-state index is -0.726. The van der Waals surface area contributed by atoms with E-state index in [-0.39, 0.29) is 42.3 Å². The number of nitrogens with one attached hydrogen (secondary N) is 2. The zero-order chi connectivity index (χ0) is 19.6. The molecule has 2 N–H and O–H groups in total. The monoisotopic (exact) mass is 509 g/mol. The average molecular weight is 509 g/mol. The van der Waals surface area contributed by atoms with Gasteiger partial charge in [-0.05, 0) is 19.1 Å². The lowest BCUT2D eigenvalue weighted by atomic mass is 10.2. The van der Waals surface area contributed by atoms with Crippen LogP contribution in [0.1, 0.15) is 38.4 Å². The molecule has 0 spiro atoms. The number of benzene rings is 1. The van der Waals surface area contributed by atoms with Gasteiger partial charge in [0.1, 0.15) is 12.4 Å². The van der Waals surface area contributed by atoms with E-state index in [4.69, 9.17) is 9.26 Å². The van der Waals surface area contributed by atoms with E-state index in [1.54, 1.807) is 0 Å². The van der Waals surface area contributed by atoms with Gasteiger partial charge in [0.2, 0.25) is 5.89 Å². The standard InChI is InChI=1S/C18H25F2N5O2.HI/c1-4-21-18(22-8-7-16-24-17(12(2)3)25-27-16)23-9-10-26-15-6-5-13(19)11-14(15)20;/h5-6,11-12H,4,7-10H2,1-3H3,(H2,21,22,23);1H. The zero-order valence-electron chi connectivity index (χ0n) is 16.2. The Balaban J connectivity index is 0.00000392. The van der Waals surface area contributed by atoms with Crippen LogP contribution in [0.2, 0.25) is 0 Å². The Morgan fingerprint density at radius 3 is 2.71 bits per heavy atom. The summed E-state index contributed by atoms with van der Waals surface area (Å²) in [6.07, 6.45) is 0.535. The first kappa shape index (κ1) is 24.1. The van der Waals surface area contributed by atoms with Gasteiger partial charge in [0.15, 0.2) is 23.4 Å². The number of ether oxygens (including phenoxy) is 1. The van der Waals surface area contributed by atoms with Crippen LogP contribution >= 0.6 is 24.0 Å². The SMILES string of the molecule is CCNC(=NCCc1nc(C(C)C)no1)NCCOc1ccc(F)cc1F.I. The van der Waals surface area contributed by atoms with Gasteiger partial charge in [0.05, 0.1) is 13.1 Å². The minimum Gasteiger partial charge on any atom is -0.489 e. The molecule has 0 saturated carbocycles. The molecule has 1 aromatic carbocycles. The molecule has 2 rings (SSSR count). The Hall–Kier alpha value is -1.98. The third-order valence-electron chi connectivity index (χ3n) is 3.49. The maximum Gasteiger partial charge on any atom is 0.228 e. The Kier molecular flexibility index (Phi) is 10.7. The van der Waals surface area contributed by atoms with Crippen LogP contribution < -0.4 is 15.4 Å². The van der Waals surface area contributed by atoms with Gasteiger partial charge in [-0.25, -0.2) is 8.78 Å². The summed E-state index contributed by atoms with van der Waals surface area (Å²) < 4.78 is 36.8. The summed E-state index contributed by atoms with van der Waals surface area (Å²) in [5.41, 5.74) is 0. The van der Waals surface area contributed by atoms with Crippen LogP contribution in [-0.4, -0.2) is 42.3 Å². The van der Waals surface area contributed by atoms with E-state index in [0.29, 0.717) is 43.7 Å². The highest BCUT2D eigenvalue weighted by Crippen LogP contribution is 2.17.